The summed E-state index contributed by atoms with van der Waals surface area (Å²) in [5, 5.41) is 0. The molecule has 2 heteroatoms. The first-order valence-corrected chi connectivity index (χ1v) is 5.69. The van der Waals surface area contributed by atoms with Crippen molar-refractivity contribution in [2.75, 3.05) is 7.11 Å². The highest BCUT2D eigenvalue weighted by Crippen LogP contribution is 2.43. The molecule has 0 radical (unpaired) electrons. The third-order valence-corrected chi connectivity index (χ3v) is 2.79. The Labute approximate surface area is 96.9 Å². The summed E-state index contributed by atoms with van der Waals surface area (Å²) in [7, 11) is 1.68. The molecule has 0 saturated carbocycles. The van der Waals surface area contributed by atoms with Gasteiger partial charge in [0.25, 0.3) is 0 Å². The van der Waals surface area contributed by atoms with Crippen LogP contribution in [-0.4, -0.2) is 13.2 Å². The van der Waals surface area contributed by atoms with E-state index in [0.717, 1.165) is 11.5 Å². The first kappa shape index (κ1) is 11.1. The number of fused-ring (bicyclic) bond motifs is 1. The Bertz CT molecular complexity index is 419. The molecule has 86 valence electrons. The second-order valence-electron chi connectivity index (χ2n) is 4.41. The largest absolute Gasteiger partial charge is 0.493 e. The zero-order valence-electron chi connectivity index (χ0n) is 10.3. The lowest BCUT2D eigenvalue weighted by Crippen LogP contribution is -2.09. The predicted octanol–water partition coefficient (Wildman–Crippen LogP) is 3.61. The van der Waals surface area contributed by atoms with E-state index in [0.29, 0.717) is 5.92 Å². The maximum Gasteiger partial charge on any atom is 0.165 e. The Morgan fingerprint density at radius 2 is 2.00 bits per heavy atom. The molecule has 0 aliphatic heterocycles. The Morgan fingerprint density at radius 3 is 2.62 bits per heavy atom. The van der Waals surface area contributed by atoms with Crippen LogP contribution in [0.15, 0.2) is 18.2 Å². The molecule has 2 rings (SSSR count). The standard InChI is InChI=1S/C14H18O2/c1-9(2)16-14-12(15-4)8-7-11-6-5-10(3)13(11)14/h5-10H,1-4H3. The van der Waals surface area contributed by atoms with E-state index in [2.05, 4.69) is 25.1 Å². The summed E-state index contributed by atoms with van der Waals surface area (Å²) in [5.74, 6) is 2.12. The molecular weight excluding hydrogens is 200 g/mol. The lowest BCUT2D eigenvalue weighted by molar-refractivity contribution is 0.227. The van der Waals surface area contributed by atoms with Crippen molar-refractivity contribution < 1.29 is 9.47 Å². The van der Waals surface area contributed by atoms with Crippen LogP contribution in [0.25, 0.3) is 6.08 Å². The van der Waals surface area contributed by atoms with Crippen LogP contribution in [0.4, 0.5) is 0 Å². The molecule has 0 heterocycles. The highest BCUT2D eigenvalue weighted by atomic mass is 16.5. The third-order valence-electron chi connectivity index (χ3n) is 2.79. The van der Waals surface area contributed by atoms with E-state index in [1.807, 2.05) is 19.9 Å². The van der Waals surface area contributed by atoms with Gasteiger partial charge in [0.1, 0.15) is 0 Å². The van der Waals surface area contributed by atoms with Gasteiger partial charge in [0, 0.05) is 11.5 Å². The molecular formula is C14H18O2. The van der Waals surface area contributed by atoms with E-state index in [1.165, 1.54) is 11.1 Å². The number of ether oxygens (including phenoxy) is 2. The minimum atomic E-state index is 0.160. The van der Waals surface area contributed by atoms with Gasteiger partial charge in [-0.2, -0.15) is 0 Å². The van der Waals surface area contributed by atoms with Gasteiger partial charge < -0.3 is 9.47 Å². The first-order chi connectivity index (χ1) is 7.63. The Balaban J connectivity index is 2.50. The third kappa shape index (κ3) is 1.80. The molecule has 1 aliphatic carbocycles. The molecule has 0 bridgehead atoms. The number of hydrogen-bond donors (Lipinski definition) is 0. The molecule has 0 aromatic heterocycles. The van der Waals surface area contributed by atoms with Crippen molar-refractivity contribution in [1.82, 2.24) is 0 Å². The zero-order chi connectivity index (χ0) is 11.7. The molecule has 0 amide bonds. The predicted molar refractivity (Wildman–Crippen MR) is 66.2 cm³/mol. The van der Waals surface area contributed by atoms with Crippen molar-refractivity contribution in [3.63, 3.8) is 0 Å². The van der Waals surface area contributed by atoms with Gasteiger partial charge in [-0.15, -0.1) is 0 Å². The van der Waals surface area contributed by atoms with Crippen LogP contribution in [0, 0.1) is 0 Å². The number of methoxy groups -OCH3 is 1. The summed E-state index contributed by atoms with van der Waals surface area (Å²) >= 11 is 0. The molecule has 0 saturated heterocycles. The van der Waals surface area contributed by atoms with Crippen LogP contribution >= 0.6 is 0 Å². The van der Waals surface area contributed by atoms with Crippen LogP contribution in [0.2, 0.25) is 0 Å². The second kappa shape index (κ2) is 4.20. The van der Waals surface area contributed by atoms with E-state index in [9.17, 15) is 0 Å². The fraction of sp³-hybridized carbons (Fsp3) is 0.429. The number of hydrogen-bond acceptors (Lipinski definition) is 2. The number of benzene rings is 1. The number of allylic oxidation sites excluding steroid dienone is 1. The molecule has 1 aromatic rings. The quantitative estimate of drug-likeness (QED) is 0.771. The summed E-state index contributed by atoms with van der Waals surface area (Å²) in [6.07, 6.45) is 4.50. The highest BCUT2D eigenvalue weighted by Gasteiger charge is 2.22. The summed E-state index contributed by atoms with van der Waals surface area (Å²) < 4.78 is 11.3. The average Bonchev–Trinajstić information content (AvgIpc) is 2.60. The van der Waals surface area contributed by atoms with Crippen molar-refractivity contribution in [2.45, 2.75) is 32.8 Å². The maximum absolute atomic E-state index is 5.88. The van der Waals surface area contributed by atoms with Gasteiger partial charge in [-0.3, -0.25) is 0 Å². The molecule has 0 N–H and O–H groups in total. The lowest BCUT2D eigenvalue weighted by atomic mass is 10.0. The highest BCUT2D eigenvalue weighted by molar-refractivity contribution is 5.69. The van der Waals surface area contributed by atoms with Gasteiger partial charge in [0.2, 0.25) is 0 Å². The van der Waals surface area contributed by atoms with Crippen molar-refractivity contribution >= 4 is 6.08 Å². The minimum absolute atomic E-state index is 0.160. The molecule has 16 heavy (non-hydrogen) atoms. The Kier molecular flexibility index (Phi) is 2.90. The topological polar surface area (TPSA) is 18.5 Å². The minimum Gasteiger partial charge on any atom is -0.493 e. The average molecular weight is 218 g/mol. The molecule has 1 unspecified atom stereocenters. The normalized spacial score (nSPS) is 17.7. The molecule has 1 atom stereocenters. The van der Waals surface area contributed by atoms with Crippen LogP contribution in [-0.2, 0) is 0 Å². The monoisotopic (exact) mass is 218 g/mol. The summed E-state index contributed by atoms with van der Waals surface area (Å²) in [5.41, 5.74) is 2.48. The van der Waals surface area contributed by atoms with E-state index in [1.54, 1.807) is 7.11 Å². The van der Waals surface area contributed by atoms with Crippen molar-refractivity contribution in [3.05, 3.63) is 29.3 Å². The smallest absolute Gasteiger partial charge is 0.165 e. The molecule has 0 fully saturated rings. The van der Waals surface area contributed by atoms with Gasteiger partial charge in [0.05, 0.1) is 13.2 Å². The molecule has 2 nitrogen and oxygen atoms in total. The van der Waals surface area contributed by atoms with Crippen LogP contribution in [0.1, 0.15) is 37.8 Å². The van der Waals surface area contributed by atoms with Gasteiger partial charge in [-0.1, -0.05) is 25.1 Å². The van der Waals surface area contributed by atoms with Crippen LogP contribution < -0.4 is 9.47 Å². The van der Waals surface area contributed by atoms with E-state index >= 15 is 0 Å². The number of rotatable bonds is 3. The summed E-state index contributed by atoms with van der Waals surface area (Å²) in [4.78, 5) is 0. The maximum atomic E-state index is 5.88. The van der Waals surface area contributed by atoms with E-state index < -0.39 is 0 Å². The SMILES string of the molecule is COc1ccc2c(c1OC(C)C)C(C)C=C2. The van der Waals surface area contributed by atoms with Gasteiger partial charge in [0.15, 0.2) is 11.5 Å². The Morgan fingerprint density at radius 1 is 1.25 bits per heavy atom. The van der Waals surface area contributed by atoms with Gasteiger partial charge in [-0.25, -0.2) is 0 Å². The van der Waals surface area contributed by atoms with Crippen molar-refractivity contribution in [2.24, 2.45) is 0 Å². The first-order valence-electron chi connectivity index (χ1n) is 5.69. The fourth-order valence-electron chi connectivity index (χ4n) is 2.07. The lowest BCUT2D eigenvalue weighted by Gasteiger charge is -2.19. The van der Waals surface area contributed by atoms with E-state index in [4.69, 9.17) is 9.47 Å². The summed E-state index contributed by atoms with van der Waals surface area (Å²) in [6, 6.07) is 4.06. The van der Waals surface area contributed by atoms with Crippen molar-refractivity contribution in [3.8, 4) is 11.5 Å². The van der Waals surface area contributed by atoms with Gasteiger partial charge >= 0.3 is 0 Å². The van der Waals surface area contributed by atoms with Crippen LogP contribution in [0.3, 0.4) is 0 Å². The molecule has 0 spiro atoms. The van der Waals surface area contributed by atoms with Gasteiger partial charge in [-0.05, 0) is 25.5 Å². The Hall–Kier alpha value is -1.44. The van der Waals surface area contributed by atoms with Crippen LogP contribution in [0.5, 0.6) is 11.5 Å². The zero-order valence-corrected chi connectivity index (χ0v) is 10.3. The molecule has 1 aliphatic rings. The van der Waals surface area contributed by atoms with E-state index in [-0.39, 0.29) is 6.10 Å². The summed E-state index contributed by atoms with van der Waals surface area (Å²) in [6.45, 7) is 6.24. The fourth-order valence-corrected chi connectivity index (χ4v) is 2.07. The molecule has 1 aromatic carbocycles. The van der Waals surface area contributed by atoms with Crippen molar-refractivity contribution in [1.29, 1.82) is 0 Å². The second-order valence-corrected chi connectivity index (χ2v) is 4.41.